The molecular weight excluding hydrogens is 283 g/mol. The van der Waals surface area contributed by atoms with E-state index in [0.29, 0.717) is 6.42 Å². The number of carbonyl (C=O) groups is 1. The number of benzene rings is 1. The maximum Gasteiger partial charge on any atom is 0.313 e. The number of halogens is 1. The molecule has 4 heteroatoms. The Balaban J connectivity index is 2.60. The Morgan fingerprint density at radius 3 is 2.27 bits per heavy atom. The van der Waals surface area contributed by atoms with Gasteiger partial charge in [-0.1, -0.05) is 26.0 Å². The molecule has 1 aromatic rings. The van der Waals surface area contributed by atoms with E-state index in [1.807, 2.05) is 26.8 Å². The van der Waals surface area contributed by atoms with Crippen LogP contribution < -0.4 is 0 Å². The largest absolute Gasteiger partial charge is 0.469 e. The van der Waals surface area contributed by atoms with Crippen LogP contribution in [-0.4, -0.2) is 25.8 Å². The summed E-state index contributed by atoms with van der Waals surface area (Å²) >= 11 is 0. The molecule has 0 heterocycles. The van der Waals surface area contributed by atoms with E-state index in [4.69, 9.17) is 9.47 Å². The highest BCUT2D eigenvalue weighted by molar-refractivity contribution is 5.90. The number of rotatable bonds is 3. The van der Waals surface area contributed by atoms with Crippen molar-refractivity contribution in [3.8, 4) is 0 Å². The highest BCUT2D eigenvalue weighted by Gasteiger charge is 2.47. The van der Waals surface area contributed by atoms with Crippen LogP contribution in [0.15, 0.2) is 30.3 Å². The smallest absolute Gasteiger partial charge is 0.313 e. The van der Waals surface area contributed by atoms with E-state index in [1.165, 1.54) is 19.2 Å². The highest BCUT2D eigenvalue weighted by Crippen LogP contribution is 2.49. The van der Waals surface area contributed by atoms with Crippen LogP contribution in [0.1, 0.15) is 32.8 Å². The van der Waals surface area contributed by atoms with Gasteiger partial charge in [0.25, 0.3) is 0 Å². The second-order valence-electron chi connectivity index (χ2n) is 6.74. The summed E-state index contributed by atoms with van der Waals surface area (Å²) in [5.41, 5.74) is 0.828. The first-order valence-corrected chi connectivity index (χ1v) is 7.34. The number of hydrogen-bond acceptors (Lipinski definition) is 3. The maximum absolute atomic E-state index is 13.2. The quantitative estimate of drug-likeness (QED) is 0.796. The van der Waals surface area contributed by atoms with Gasteiger partial charge in [-0.3, -0.25) is 4.79 Å². The van der Waals surface area contributed by atoms with Crippen molar-refractivity contribution in [2.24, 2.45) is 11.3 Å². The zero-order valence-corrected chi connectivity index (χ0v) is 13.8. The molecule has 0 aromatic heterocycles. The van der Waals surface area contributed by atoms with Crippen LogP contribution in [0.4, 0.5) is 4.39 Å². The Kier molecular flexibility index (Phi) is 4.43. The van der Waals surface area contributed by atoms with Crippen molar-refractivity contribution >= 4 is 11.5 Å². The van der Waals surface area contributed by atoms with Gasteiger partial charge < -0.3 is 9.47 Å². The molecule has 0 N–H and O–H groups in total. The molecule has 3 nitrogen and oxygen atoms in total. The summed E-state index contributed by atoms with van der Waals surface area (Å²) in [5, 5.41) is 0. The fourth-order valence-electron chi connectivity index (χ4n) is 3.48. The molecule has 1 aliphatic rings. The van der Waals surface area contributed by atoms with E-state index in [0.717, 1.165) is 11.1 Å². The minimum Gasteiger partial charge on any atom is -0.469 e. The van der Waals surface area contributed by atoms with Crippen molar-refractivity contribution in [1.82, 2.24) is 0 Å². The summed E-state index contributed by atoms with van der Waals surface area (Å²) in [7, 11) is 3.05. The number of hydrogen-bond donors (Lipinski definition) is 0. The van der Waals surface area contributed by atoms with Crippen molar-refractivity contribution in [3.63, 3.8) is 0 Å². The number of ether oxygens (including phenoxy) is 2. The second kappa shape index (κ2) is 5.84. The third-order valence-electron chi connectivity index (χ3n) is 4.44. The van der Waals surface area contributed by atoms with E-state index >= 15 is 0 Å². The minimum absolute atomic E-state index is 0.279. The first-order chi connectivity index (χ1) is 10.2. The highest BCUT2D eigenvalue weighted by atomic mass is 19.1. The molecule has 2 atom stereocenters. The van der Waals surface area contributed by atoms with Crippen LogP contribution in [0.2, 0.25) is 0 Å². The fraction of sp³-hybridized carbons (Fsp3) is 0.500. The molecule has 0 fully saturated rings. The molecule has 1 aliphatic carbocycles. The van der Waals surface area contributed by atoms with Gasteiger partial charge in [0.2, 0.25) is 0 Å². The van der Waals surface area contributed by atoms with E-state index in [2.05, 4.69) is 0 Å². The number of methoxy groups -OCH3 is 2. The van der Waals surface area contributed by atoms with Crippen LogP contribution in [0.25, 0.3) is 5.57 Å². The van der Waals surface area contributed by atoms with Gasteiger partial charge in [-0.15, -0.1) is 0 Å². The van der Waals surface area contributed by atoms with Gasteiger partial charge in [-0.05, 0) is 48.1 Å². The molecule has 0 saturated heterocycles. The van der Waals surface area contributed by atoms with Gasteiger partial charge in [0.05, 0.1) is 18.6 Å². The van der Waals surface area contributed by atoms with Crippen molar-refractivity contribution in [1.29, 1.82) is 0 Å². The third-order valence-corrected chi connectivity index (χ3v) is 4.44. The first kappa shape index (κ1) is 16.7. The number of esters is 1. The Bertz CT molecular complexity index is 589. The van der Waals surface area contributed by atoms with Crippen LogP contribution in [-0.2, 0) is 14.3 Å². The van der Waals surface area contributed by atoms with Gasteiger partial charge in [0, 0.05) is 7.11 Å². The standard InChI is InChI=1S/C18H23FO3/c1-17(2)11-18(3,22-5)10-14(15(17)16(20)21-4)12-6-8-13(19)9-7-12/h6-10,15H,11H2,1-5H3. The first-order valence-electron chi connectivity index (χ1n) is 7.34. The average molecular weight is 306 g/mol. The van der Waals surface area contributed by atoms with Crippen molar-refractivity contribution in [2.75, 3.05) is 14.2 Å². The molecule has 0 aliphatic heterocycles. The summed E-state index contributed by atoms with van der Waals surface area (Å²) in [5.74, 6) is -0.992. The Hall–Kier alpha value is -1.68. The molecule has 0 spiro atoms. The van der Waals surface area contributed by atoms with E-state index in [1.54, 1.807) is 19.2 Å². The van der Waals surface area contributed by atoms with Gasteiger partial charge in [0.15, 0.2) is 0 Å². The summed E-state index contributed by atoms with van der Waals surface area (Å²) in [4.78, 5) is 12.4. The monoisotopic (exact) mass is 306 g/mol. The minimum atomic E-state index is -0.474. The normalized spacial score (nSPS) is 27.2. The second-order valence-corrected chi connectivity index (χ2v) is 6.74. The molecule has 2 rings (SSSR count). The average Bonchev–Trinajstić information content (AvgIpc) is 2.45. The fourth-order valence-corrected chi connectivity index (χ4v) is 3.48. The molecule has 1 aromatic carbocycles. The Morgan fingerprint density at radius 2 is 1.77 bits per heavy atom. The number of carbonyl (C=O) groups excluding carboxylic acids is 1. The lowest BCUT2D eigenvalue weighted by Crippen LogP contribution is -2.44. The van der Waals surface area contributed by atoms with E-state index in [9.17, 15) is 9.18 Å². The van der Waals surface area contributed by atoms with Crippen LogP contribution in [0, 0.1) is 17.2 Å². The lowest BCUT2D eigenvalue weighted by Gasteiger charge is -2.45. The molecule has 2 unspecified atom stereocenters. The van der Waals surface area contributed by atoms with Crippen LogP contribution >= 0.6 is 0 Å². The predicted molar refractivity (Wildman–Crippen MR) is 83.7 cm³/mol. The third kappa shape index (κ3) is 3.07. The Morgan fingerprint density at radius 1 is 1.18 bits per heavy atom. The summed E-state index contributed by atoms with van der Waals surface area (Å²) in [6.45, 7) is 6.05. The summed E-state index contributed by atoms with van der Waals surface area (Å²) < 4.78 is 23.9. The molecule has 120 valence electrons. The lowest BCUT2D eigenvalue weighted by molar-refractivity contribution is -0.148. The SMILES string of the molecule is COC(=O)C1C(c2ccc(F)cc2)=CC(C)(OC)CC1(C)C. The van der Waals surface area contributed by atoms with Crippen molar-refractivity contribution in [2.45, 2.75) is 32.8 Å². The lowest BCUT2D eigenvalue weighted by atomic mass is 9.63. The molecule has 0 bridgehead atoms. The van der Waals surface area contributed by atoms with E-state index in [-0.39, 0.29) is 17.2 Å². The maximum atomic E-state index is 13.2. The molecule has 22 heavy (non-hydrogen) atoms. The van der Waals surface area contributed by atoms with Crippen LogP contribution in [0.5, 0.6) is 0 Å². The van der Waals surface area contributed by atoms with E-state index < -0.39 is 11.5 Å². The zero-order valence-electron chi connectivity index (χ0n) is 13.8. The van der Waals surface area contributed by atoms with Crippen molar-refractivity contribution in [3.05, 3.63) is 41.7 Å². The summed E-state index contributed by atoms with van der Waals surface area (Å²) in [6, 6.07) is 6.18. The predicted octanol–water partition coefficient (Wildman–Crippen LogP) is 3.83. The molecule has 0 saturated carbocycles. The zero-order chi connectivity index (χ0) is 16.5. The van der Waals surface area contributed by atoms with Gasteiger partial charge in [0.1, 0.15) is 5.82 Å². The topological polar surface area (TPSA) is 35.5 Å². The molecule has 0 radical (unpaired) electrons. The van der Waals surface area contributed by atoms with Crippen molar-refractivity contribution < 1.29 is 18.7 Å². The van der Waals surface area contributed by atoms with Crippen LogP contribution in [0.3, 0.4) is 0 Å². The molecule has 0 amide bonds. The molecular formula is C18H23FO3. The Labute approximate surface area is 131 Å². The summed E-state index contributed by atoms with van der Waals surface area (Å²) in [6.07, 6.45) is 2.66. The van der Waals surface area contributed by atoms with Gasteiger partial charge in [-0.2, -0.15) is 0 Å². The van der Waals surface area contributed by atoms with Gasteiger partial charge >= 0.3 is 5.97 Å². The van der Waals surface area contributed by atoms with Gasteiger partial charge in [-0.25, -0.2) is 4.39 Å².